The van der Waals surface area contributed by atoms with Gasteiger partial charge in [0.25, 0.3) is 0 Å². The maximum Gasteiger partial charge on any atom is 0.356 e. The summed E-state index contributed by atoms with van der Waals surface area (Å²) in [6, 6.07) is 3.10. The minimum atomic E-state index is -1.03. The molecule has 0 heterocycles. The van der Waals surface area contributed by atoms with Crippen LogP contribution in [0.3, 0.4) is 0 Å². The summed E-state index contributed by atoms with van der Waals surface area (Å²) in [6.07, 6.45) is -0.724. The Hall–Kier alpha value is -2.84. The number of hydrogen-bond donors (Lipinski definition) is 0. The second-order valence-corrected chi connectivity index (χ2v) is 3.36. The molecule has 0 spiro atoms. The number of para-hydroxylation sites is 1. The van der Waals surface area contributed by atoms with Crippen molar-refractivity contribution in [3.05, 3.63) is 44.0 Å². The monoisotopic (exact) mass is 268 g/mol. The van der Waals surface area contributed by atoms with Gasteiger partial charge in [-0.1, -0.05) is 6.07 Å². The normalized spacial score (nSPS) is 9.74. The van der Waals surface area contributed by atoms with Gasteiger partial charge in [0.2, 0.25) is 0 Å². The minimum absolute atomic E-state index is 0.496. The number of methoxy groups -OCH3 is 1. The first-order valence-corrected chi connectivity index (χ1v) is 4.90. The Kier molecular flexibility index (Phi) is 4.24. The van der Waals surface area contributed by atoms with Crippen LogP contribution in [0.25, 0.3) is 0 Å². The third-order valence-corrected chi connectivity index (χ3v) is 2.23. The van der Waals surface area contributed by atoms with E-state index >= 15 is 0 Å². The Balaban J connectivity index is 3.31. The van der Waals surface area contributed by atoms with Crippen LogP contribution >= 0.6 is 0 Å². The molecule has 0 bridgehead atoms. The number of ketones is 1. The number of carbonyl (C=O) groups excluding carboxylic acids is 2. The second-order valence-electron chi connectivity index (χ2n) is 3.36. The Morgan fingerprint density at radius 1 is 1.21 bits per heavy atom. The van der Waals surface area contributed by atoms with Gasteiger partial charge in [-0.2, -0.15) is 0 Å². The molecule has 1 aromatic rings. The van der Waals surface area contributed by atoms with E-state index in [1.807, 2.05) is 0 Å². The van der Waals surface area contributed by atoms with E-state index in [9.17, 15) is 29.8 Å². The highest BCUT2D eigenvalue weighted by atomic mass is 16.6. The fourth-order valence-corrected chi connectivity index (χ4v) is 1.39. The first-order valence-electron chi connectivity index (χ1n) is 4.90. The highest BCUT2D eigenvalue weighted by molar-refractivity contribution is 6.09. The number of hydrogen-bond acceptors (Lipinski definition) is 7. The lowest BCUT2D eigenvalue weighted by atomic mass is 10.0. The number of nitro groups is 2. The van der Waals surface area contributed by atoms with Gasteiger partial charge >= 0.3 is 17.3 Å². The van der Waals surface area contributed by atoms with Crippen molar-refractivity contribution in [2.24, 2.45) is 0 Å². The fraction of sp³-hybridized carbons (Fsp3) is 0.200. The zero-order valence-electron chi connectivity index (χ0n) is 9.69. The van der Waals surface area contributed by atoms with Crippen molar-refractivity contribution in [1.29, 1.82) is 0 Å². The first kappa shape index (κ1) is 14.2. The molecule has 1 rings (SSSR count). The van der Waals surface area contributed by atoms with E-state index in [2.05, 4.69) is 4.74 Å². The topological polar surface area (TPSA) is 130 Å². The fourth-order valence-electron chi connectivity index (χ4n) is 1.39. The SMILES string of the molecule is COC(=O)CC(=O)c1cccc([N+](=O)[O-])c1[N+](=O)[O-]. The summed E-state index contributed by atoms with van der Waals surface area (Å²) in [5, 5.41) is 21.5. The molecule has 0 unspecified atom stereocenters. The van der Waals surface area contributed by atoms with Crippen LogP contribution in [0.1, 0.15) is 16.8 Å². The lowest BCUT2D eigenvalue weighted by molar-refractivity contribution is -0.422. The van der Waals surface area contributed by atoms with E-state index in [0.29, 0.717) is 0 Å². The van der Waals surface area contributed by atoms with Crippen molar-refractivity contribution in [1.82, 2.24) is 0 Å². The summed E-state index contributed by atoms with van der Waals surface area (Å²) >= 11 is 0. The van der Waals surface area contributed by atoms with Crippen LogP contribution in [0.5, 0.6) is 0 Å². The molecule has 19 heavy (non-hydrogen) atoms. The number of rotatable bonds is 5. The third kappa shape index (κ3) is 3.09. The number of Topliss-reactive ketones (excluding diaryl/α,β-unsaturated/α-hetero) is 1. The van der Waals surface area contributed by atoms with Gasteiger partial charge in [0, 0.05) is 6.07 Å². The van der Waals surface area contributed by atoms with Crippen LogP contribution in [-0.4, -0.2) is 28.7 Å². The Labute approximate surface area is 106 Å². The highest BCUT2D eigenvalue weighted by Gasteiger charge is 2.31. The number of esters is 1. The molecule has 100 valence electrons. The van der Waals surface area contributed by atoms with Crippen LogP contribution in [0.2, 0.25) is 0 Å². The molecule has 0 radical (unpaired) electrons. The lowest BCUT2D eigenvalue weighted by Crippen LogP contribution is -2.12. The summed E-state index contributed by atoms with van der Waals surface area (Å²) in [7, 11) is 1.05. The molecule has 9 heteroatoms. The average Bonchev–Trinajstić information content (AvgIpc) is 2.37. The van der Waals surface area contributed by atoms with Crippen LogP contribution < -0.4 is 0 Å². The van der Waals surface area contributed by atoms with Crippen LogP contribution in [0, 0.1) is 20.2 Å². The Bertz CT molecular complexity index is 567. The number of nitro benzene ring substituents is 2. The molecule has 0 saturated carbocycles. The molecule has 0 atom stereocenters. The average molecular weight is 268 g/mol. The largest absolute Gasteiger partial charge is 0.469 e. The molecule has 0 saturated heterocycles. The summed E-state index contributed by atoms with van der Waals surface area (Å²) in [4.78, 5) is 42.2. The quantitative estimate of drug-likeness (QED) is 0.258. The van der Waals surface area contributed by atoms with Crippen molar-refractivity contribution < 1.29 is 24.2 Å². The Morgan fingerprint density at radius 2 is 1.84 bits per heavy atom. The standard InChI is InChI=1S/C10H8N2O7/c1-19-9(14)5-8(13)6-3-2-4-7(11(15)16)10(6)12(17)18/h2-4H,5H2,1H3. The zero-order valence-corrected chi connectivity index (χ0v) is 9.69. The van der Waals surface area contributed by atoms with E-state index in [1.54, 1.807) is 0 Å². The summed E-state index contributed by atoms with van der Waals surface area (Å²) in [5.74, 6) is -1.80. The summed E-state index contributed by atoms with van der Waals surface area (Å²) in [5.41, 5.74) is -2.23. The van der Waals surface area contributed by atoms with Crippen LogP contribution in [0.15, 0.2) is 18.2 Å². The van der Waals surface area contributed by atoms with Crippen molar-refractivity contribution in [3.8, 4) is 0 Å². The molecule has 0 aromatic heterocycles. The van der Waals surface area contributed by atoms with Crippen LogP contribution in [0.4, 0.5) is 11.4 Å². The van der Waals surface area contributed by atoms with Crippen molar-refractivity contribution in [3.63, 3.8) is 0 Å². The lowest BCUT2D eigenvalue weighted by Gasteiger charge is -2.02. The van der Waals surface area contributed by atoms with E-state index < -0.39 is 45.0 Å². The van der Waals surface area contributed by atoms with Gasteiger partial charge in [-0.25, -0.2) is 0 Å². The van der Waals surface area contributed by atoms with Gasteiger partial charge in [-0.15, -0.1) is 0 Å². The zero-order chi connectivity index (χ0) is 14.6. The van der Waals surface area contributed by atoms with Gasteiger partial charge in [0.05, 0.1) is 17.0 Å². The van der Waals surface area contributed by atoms with Crippen LogP contribution in [-0.2, 0) is 9.53 Å². The van der Waals surface area contributed by atoms with Gasteiger partial charge in [0.15, 0.2) is 5.78 Å². The van der Waals surface area contributed by atoms with Gasteiger partial charge in [-0.3, -0.25) is 29.8 Å². The number of benzene rings is 1. The highest BCUT2D eigenvalue weighted by Crippen LogP contribution is 2.31. The van der Waals surface area contributed by atoms with Crippen molar-refractivity contribution >= 4 is 23.1 Å². The minimum Gasteiger partial charge on any atom is -0.469 e. The van der Waals surface area contributed by atoms with Crippen molar-refractivity contribution in [2.75, 3.05) is 7.11 Å². The molecule has 0 N–H and O–H groups in total. The predicted molar refractivity (Wildman–Crippen MR) is 60.7 cm³/mol. The second kappa shape index (κ2) is 5.67. The molecule has 0 aliphatic heterocycles. The number of ether oxygens (including phenoxy) is 1. The number of carbonyl (C=O) groups is 2. The smallest absolute Gasteiger partial charge is 0.356 e. The molecule has 0 aliphatic carbocycles. The third-order valence-electron chi connectivity index (χ3n) is 2.23. The van der Waals surface area contributed by atoms with Gasteiger partial charge < -0.3 is 4.74 Å². The van der Waals surface area contributed by atoms with E-state index in [-0.39, 0.29) is 0 Å². The van der Waals surface area contributed by atoms with E-state index in [1.165, 1.54) is 0 Å². The molecule has 0 aliphatic rings. The molecular weight excluding hydrogens is 260 g/mol. The molecule has 0 fully saturated rings. The van der Waals surface area contributed by atoms with Gasteiger partial charge in [-0.05, 0) is 6.07 Å². The maximum atomic E-state index is 11.7. The van der Waals surface area contributed by atoms with E-state index in [0.717, 1.165) is 25.3 Å². The predicted octanol–water partition coefficient (Wildman–Crippen LogP) is 1.25. The van der Waals surface area contributed by atoms with E-state index in [4.69, 9.17) is 0 Å². The van der Waals surface area contributed by atoms with Crippen molar-refractivity contribution in [2.45, 2.75) is 6.42 Å². The molecule has 9 nitrogen and oxygen atoms in total. The Morgan fingerprint density at radius 3 is 2.32 bits per heavy atom. The number of nitrogens with zero attached hydrogens (tertiary/aromatic N) is 2. The summed E-state index contributed by atoms with van der Waals surface area (Å²) in [6.45, 7) is 0. The molecule has 0 amide bonds. The first-order chi connectivity index (χ1) is 8.88. The molecular formula is C10H8N2O7. The summed E-state index contributed by atoms with van der Waals surface area (Å²) < 4.78 is 4.26. The van der Waals surface area contributed by atoms with Gasteiger partial charge in [0.1, 0.15) is 12.0 Å². The molecule has 1 aromatic carbocycles. The maximum absolute atomic E-state index is 11.7.